The molecule has 6 heteroatoms. The summed E-state index contributed by atoms with van der Waals surface area (Å²) in [5.74, 6) is -0.519. The van der Waals surface area contributed by atoms with E-state index < -0.39 is 0 Å². The lowest BCUT2D eigenvalue weighted by Gasteiger charge is -2.22. The van der Waals surface area contributed by atoms with Crippen LogP contribution in [-0.2, 0) is 16.0 Å². The van der Waals surface area contributed by atoms with Crippen molar-refractivity contribution >= 4 is 11.9 Å². The van der Waals surface area contributed by atoms with Crippen LogP contribution in [0.15, 0.2) is 6.07 Å². The van der Waals surface area contributed by atoms with E-state index in [9.17, 15) is 9.59 Å². The van der Waals surface area contributed by atoms with Crippen molar-refractivity contribution in [3.05, 3.63) is 23.0 Å². The highest BCUT2D eigenvalue weighted by atomic mass is 16.5. The van der Waals surface area contributed by atoms with Crippen LogP contribution in [0, 0.1) is 6.92 Å². The molecule has 0 unspecified atom stereocenters. The number of esters is 1. The topological polar surface area (TPSA) is 72.4 Å². The summed E-state index contributed by atoms with van der Waals surface area (Å²) in [5.41, 5.74) is 1.91. The smallest absolute Gasteiger partial charge is 0.325 e. The van der Waals surface area contributed by atoms with Gasteiger partial charge in [-0.2, -0.15) is 10.2 Å². The number of carbonyl (C=O) groups excluding carboxylic acids is 2. The van der Waals surface area contributed by atoms with Crippen molar-refractivity contribution in [1.29, 1.82) is 0 Å². The Morgan fingerprint density at radius 2 is 2.05 bits per heavy atom. The van der Waals surface area contributed by atoms with E-state index >= 15 is 0 Å². The Balaban J connectivity index is 2.22. The number of hydrogen-bond acceptors (Lipinski definition) is 5. The molecule has 6 nitrogen and oxygen atoms in total. The highest BCUT2D eigenvalue weighted by Gasteiger charge is 2.35. The number of ether oxygens (including phenoxy) is 1. The highest BCUT2D eigenvalue weighted by molar-refractivity contribution is 5.97. The lowest BCUT2D eigenvalue weighted by atomic mass is 10.1. The second-order valence-corrected chi connectivity index (χ2v) is 5.17. The average Bonchev–Trinajstić information content (AvgIpc) is 3.29. The Labute approximate surface area is 124 Å². The van der Waals surface area contributed by atoms with Gasteiger partial charge in [0.2, 0.25) is 0 Å². The number of nitrogens with zero attached hydrogens (tertiary/aromatic N) is 3. The van der Waals surface area contributed by atoms with Crippen molar-refractivity contribution in [2.24, 2.45) is 0 Å². The molecule has 0 aromatic carbocycles. The fourth-order valence-corrected chi connectivity index (χ4v) is 2.21. The SMILES string of the molecule is CCOC(=O)CN(C(=O)c1cc(C)nnc1CC)C1CC1. The van der Waals surface area contributed by atoms with E-state index in [1.165, 1.54) is 0 Å². The first-order valence-corrected chi connectivity index (χ1v) is 7.36. The molecule has 1 aliphatic carbocycles. The maximum Gasteiger partial charge on any atom is 0.325 e. The zero-order chi connectivity index (χ0) is 15.4. The Hall–Kier alpha value is -1.98. The highest BCUT2D eigenvalue weighted by Crippen LogP contribution is 2.28. The molecule has 0 radical (unpaired) electrons. The summed E-state index contributed by atoms with van der Waals surface area (Å²) in [7, 11) is 0. The minimum Gasteiger partial charge on any atom is -0.465 e. The number of hydrogen-bond donors (Lipinski definition) is 0. The van der Waals surface area contributed by atoms with Crippen molar-refractivity contribution in [3.63, 3.8) is 0 Å². The lowest BCUT2D eigenvalue weighted by Crippen LogP contribution is -2.38. The predicted molar refractivity (Wildman–Crippen MR) is 76.8 cm³/mol. The largest absolute Gasteiger partial charge is 0.465 e. The Kier molecular flexibility index (Phi) is 4.88. The van der Waals surface area contributed by atoms with Gasteiger partial charge < -0.3 is 9.64 Å². The first kappa shape index (κ1) is 15.4. The summed E-state index contributed by atoms with van der Waals surface area (Å²) in [6.45, 7) is 5.81. The van der Waals surface area contributed by atoms with Crippen molar-refractivity contribution in [2.75, 3.05) is 13.2 Å². The summed E-state index contributed by atoms with van der Waals surface area (Å²) in [4.78, 5) is 26.1. The van der Waals surface area contributed by atoms with Crippen LogP contribution in [0.3, 0.4) is 0 Å². The molecule has 0 atom stereocenters. The third-order valence-electron chi connectivity index (χ3n) is 3.41. The van der Waals surface area contributed by atoms with E-state index in [1.54, 1.807) is 24.8 Å². The lowest BCUT2D eigenvalue weighted by molar-refractivity contribution is -0.144. The van der Waals surface area contributed by atoms with E-state index in [1.807, 2.05) is 6.92 Å². The summed E-state index contributed by atoms with van der Waals surface area (Å²) < 4.78 is 4.96. The molecular weight excluding hydrogens is 270 g/mol. The van der Waals surface area contributed by atoms with Gasteiger partial charge >= 0.3 is 5.97 Å². The van der Waals surface area contributed by atoms with Gasteiger partial charge in [-0.15, -0.1) is 0 Å². The van der Waals surface area contributed by atoms with Gasteiger partial charge in [-0.1, -0.05) is 6.92 Å². The molecule has 1 aromatic rings. The minimum absolute atomic E-state index is 0.00185. The van der Waals surface area contributed by atoms with Crippen molar-refractivity contribution < 1.29 is 14.3 Å². The molecule has 1 saturated carbocycles. The fraction of sp³-hybridized carbons (Fsp3) is 0.600. The van der Waals surface area contributed by atoms with Gasteiger partial charge in [0.1, 0.15) is 6.54 Å². The van der Waals surface area contributed by atoms with Gasteiger partial charge in [0.25, 0.3) is 5.91 Å². The Morgan fingerprint density at radius 3 is 2.62 bits per heavy atom. The molecule has 114 valence electrons. The monoisotopic (exact) mass is 291 g/mol. The zero-order valence-electron chi connectivity index (χ0n) is 12.8. The third kappa shape index (κ3) is 3.77. The second kappa shape index (κ2) is 6.65. The van der Waals surface area contributed by atoms with Gasteiger partial charge in [-0.05, 0) is 39.2 Å². The van der Waals surface area contributed by atoms with Gasteiger partial charge in [0.15, 0.2) is 0 Å². The van der Waals surface area contributed by atoms with Crippen molar-refractivity contribution in [2.45, 2.75) is 46.1 Å². The molecule has 1 heterocycles. The van der Waals surface area contributed by atoms with Crippen molar-refractivity contribution in [1.82, 2.24) is 15.1 Å². The Bertz CT molecular complexity index is 541. The van der Waals surface area contributed by atoms with Crippen LogP contribution in [0.4, 0.5) is 0 Å². The molecule has 0 N–H and O–H groups in total. The van der Waals surface area contributed by atoms with E-state index in [2.05, 4.69) is 10.2 Å². The Morgan fingerprint density at radius 1 is 1.33 bits per heavy atom. The molecule has 0 saturated heterocycles. The normalized spacial score (nSPS) is 13.9. The summed E-state index contributed by atoms with van der Waals surface area (Å²) in [6.07, 6.45) is 2.50. The van der Waals surface area contributed by atoms with E-state index in [-0.39, 0.29) is 24.5 Å². The molecule has 0 aliphatic heterocycles. The van der Waals surface area contributed by atoms with E-state index in [0.29, 0.717) is 30.0 Å². The van der Waals surface area contributed by atoms with Crippen LogP contribution in [0.5, 0.6) is 0 Å². The standard InChI is InChI=1S/C15H21N3O3/c1-4-13-12(8-10(3)16-17-13)15(20)18(11-6-7-11)9-14(19)21-5-2/h8,11H,4-7,9H2,1-3H3. The van der Waals surface area contributed by atoms with Crippen molar-refractivity contribution in [3.8, 4) is 0 Å². The molecule has 21 heavy (non-hydrogen) atoms. The molecule has 1 aromatic heterocycles. The number of aryl methyl sites for hydroxylation is 2. The van der Waals surface area contributed by atoms with E-state index in [4.69, 9.17) is 4.74 Å². The van der Waals surface area contributed by atoms with Gasteiger partial charge in [-0.3, -0.25) is 9.59 Å². The first-order chi connectivity index (χ1) is 10.1. The zero-order valence-corrected chi connectivity index (χ0v) is 12.8. The van der Waals surface area contributed by atoms with Crippen LogP contribution in [-0.4, -0.2) is 46.2 Å². The maximum absolute atomic E-state index is 12.7. The van der Waals surface area contributed by atoms with Crippen LogP contribution in [0.1, 0.15) is 48.4 Å². The first-order valence-electron chi connectivity index (χ1n) is 7.36. The predicted octanol–water partition coefficient (Wildman–Crippen LogP) is 1.52. The molecule has 0 spiro atoms. The second-order valence-electron chi connectivity index (χ2n) is 5.17. The van der Waals surface area contributed by atoms with Gasteiger partial charge in [0, 0.05) is 6.04 Å². The molecule has 0 bridgehead atoms. The van der Waals surface area contributed by atoms with Crippen LogP contribution >= 0.6 is 0 Å². The van der Waals surface area contributed by atoms with E-state index in [0.717, 1.165) is 12.8 Å². The summed E-state index contributed by atoms with van der Waals surface area (Å²) >= 11 is 0. The number of aromatic nitrogens is 2. The molecule has 1 fully saturated rings. The molecular formula is C15H21N3O3. The number of carbonyl (C=O) groups is 2. The number of amides is 1. The van der Waals surface area contributed by atoms with Gasteiger partial charge in [-0.25, -0.2) is 0 Å². The molecule has 1 aliphatic rings. The molecule has 2 rings (SSSR count). The van der Waals surface area contributed by atoms with Crippen LogP contribution < -0.4 is 0 Å². The fourth-order valence-electron chi connectivity index (χ4n) is 2.21. The van der Waals surface area contributed by atoms with Crippen LogP contribution in [0.25, 0.3) is 0 Å². The summed E-state index contributed by atoms with van der Waals surface area (Å²) in [5, 5.41) is 8.07. The third-order valence-corrected chi connectivity index (χ3v) is 3.41. The molecule has 1 amide bonds. The maximum atomic E-state index is 12.7. The average molecular weight is 291 g/mol. The summed E-state index contributed by atoms with van der Waals surface area (Å²) in [6, 6.07) is 1.88. The van der Waals surface area contributed by atoms with Gasteiger partial charge in [0.05, 0.1) is 23.6 Å². The number of rotatable bonds is 6. The van der Waals surface area contributed by atoms with Crippen LogP contribution in [0.2, 0.25) is 0 Å². The quantitative estimate of drug-likeness (QED) is 0.743. The minimum atomic E-state index is -0.366.